The molecule has 0 aromatic carbocycles. The molecule has 3 unspecified atom stereocenters. The molecule has 0 spiro atoms. The molecule has 0 bridgehead atoms. The number of nitrogens with zero attached hydrogens (tertiary/aromatic N) is 1. The van der Waals surface area contributed by atoms with E-state index in [-0.39, 0.29) is 24.8 Å². The summed E-state index contributed by atoms with van der Waals surface area (Å²) in [6, 6.07) is -1.65. The Morgan fingerprint density at radius 1 is 1.33 bits per heavy atom. The predicted octanol–water partition coefficient (Wildman–Crippen LogP) is 0.654. The van der Waals surface area contributed by atoms with E-state index in [9.17, 15) is 22.8 Å². The molecule has 0 aliphatic carbocycles. The van der Waals surface area contributed by atoms with Gasteiger partial charge in [-0.1, -0.05) is 0 Å². The molecule has 0 saturated carbocycles. The SMILES string of the molecule is CNC1CCCN(C(=O)C2CCC(C(F)(F)F)NC2=O)C1. The third-order valence-corrected chi connectivity index (χ3v) is 4.21. The molecule has 2 aliphatic heterocycles. The number of likely N-dealkylation sites (N-methyl/N-ethyl adjacent to an activating group) is 1. The second-order valence-electron chi connectivity index (χ2n) is 5.64. The fraction of sp³-hybridized carbons (Fsp3) is 0.846. The van der Waals surface area contributed by atoms with Crippen molar-refractivity contribution in [3.05, 3.63) is 0 Å². The predicted molar refractivity (Wildman–Crippen MR) is 69.4 cm³/mol. The van der Waals surface area contributed by atoms with Gasteiger partial charge < -0.3 is 15.5 Å². The molecule has 2 N–H and O–H groups in total. The summed E-state index contributed by atoms with van der Waals surface area (Å²) in [5.74, 6) is -2.15. The van der Waals surface area contributed by atoms with Crippen molar-refractivity contribution in [1.29, 1.82) is 0 Å². The summed E-state index contributed by atoms with van der Waals surface area (Å²) >= 11 is 0. The van der Waals surface area contributed by atoms with Gasteiger partial charge in [-0.05, 0) is 32.7 Å². The first-order valence-electron chi connectivity index (χ1n) is 7.16. The largest absolute Gasteiger partial charge is 0.408 e. The topological polar surface area (TPSA) is 61.4 Å². The summed E-state index contributed by atoms with van der Waals surface area (Å²) in [4.78, 5) is 25.7. The highest BCUT2D eigenvalue weighted by atomic mass is 19.4. The lowest BCUT2D eigenvalue weighted by molar-refractivity contribution is -0.172. The summed E-state index contributed by atoms with van der Waals surface area (Å²) in [6.07, 6.45) is -2.96. The van der Waals surface area contributed by atoms with Crippen molar-refractivity contribution < 1.29 is 22.8 Å². The Hall–Kier alpha value is -1.31. The van der Waals surface area contributed by atoms with Crippen LogP contribution in [-0.4, -0.2) is 55.1 Å². The number of hydrogen-bond acceptors (Lipinski definition) is 3. The molecule has 5 nitrogen and oxygen atoms in total. The average Bonchev–Trinajstić information content (AvgIpc) is 2.45. The Morgan fingerprint density at radius 3 is 2.62 bits per heavy atom. The first-order valence-corrected chi connectivity index (χ1v) is 7.16. The molecule has 21 heavy (non-hydrogen) atoms. The lowest BCUT2D eigenvalue weighted by Crippen LogP contribution is -2.56. The van der Waals surface area contributed by atoms with E-state index >= 15 is 0 Å². The van der Waals surface area contributed by atoms with Crippen molar-refractivity contribution >= 4 is 11.8 Å². The van der Waals surface area contributed by atoms with E-state index in [0.717, 1.165) is 12.8 Å². The van der Waals surface area contributed by atoms with Gasteiger partial charge in [-0.25, -0.2) is 0 Å². The molecule has 2 heterocycles. The normalized spacial score (nSPS) is 31.0. The van der Waals surface area contributed by atoms with Gasteiger partial charge in [0.2, 0.25) is 11.8 Å². The van der Waals surface area contributed by atoms with Gasteiger partial charge in [-0.3, -0.25) is 9.59 Å². The maximum atomic E-state index is 12.6. The van der Waals surface area contributed by atoms with Crippen LogP contribution in [0, 0.1) is 5.92 Å². The number of amides is 2. The summed E-state index contributed by atoms with van der Waals surface area (Å²) in [5, 5.41) is 5.01. The zero-order chi connectivity index (χ0) is 15.6. The van der Waals surface area contributed by atoms with Crippen LogP contribution in [0.5, 0.6) is 0 Å². The number of alkyl halides is 3. The maximum absolute atomic E-state index is 12.6. The molecule has 3 atom stereocenters. The Morgan fingerprint density at radius 2 is 2.05 bits per heavy atom. The van der Waals surface area contributed by atoms with Crippen molar-refractivity contribution in [2.75, 3.05) is 20.1 Å². The van der Waals surface area contributed by atoms with Gasteiger partial charge in [-0.2, -0.15) is 13.2 Å². The smallest absolute Gasteiger partial charge is 0.344 e. The number of carbonyl (C=O) groups excluding carboxylic acids is 2. The van der Waals surface area contributed by atoms with Crippen LogP contribution in [0.4, 0.5) is 13.2 Å². The molecular weight excluding hydrogens is 287 g/mol. The molecule has 0 aromatic heterocycles. The van der Waals surface area contributed by atoms with E-state index in [1.54, 1.807) is 11.9 Å². The fourth-order valence-corrected chi connectivity index (χ4v) is 2.92. The highest BCUT2D eigenvalue weighted by Gasteiger charge is 2.46. The molecule has 8 heteroatoms. The van der Waals surface area contributed by atoms with Crippen LogP contribution >= 0.6 is 0 Å². The first-order chi connectivity index (χ1) is 9.82. The highest BCUT2D eigenvalue weighted by Crippen LogP contribution is 2.29. The van der Waals surface area contributed by atoms with Gasteiger partial charge in [0.25, 0.3) is 0 Å². The highest BCUT2D eigenvalue weighted by molar-refractivity contribution is 6.01. The van der Waals surface area contributed by atoms with Gasteiger partial charge in [0.05, 0.1) is 0 Å². The molecule has 2 aliphatic rings. The third-order valence-electron chi connectivity index (χ3n) is 4.21. The summed E-state index contributed by atoms with van der Waals surface area (Å²) in [6.45, 7) is 1.06. The molecule has 2 fully saturated rings. The quantitative estimate of drug-likeness (QED) is 0.737. The number of hydrogen-bond donors (Lipinski definition) is 2. The van der Waals surface area contributed by atoms with Crippen molar-refractivity contribution in [3.8, 4) is 0 Å². The van der Waals surface area contributed by atoms with Gasteiger partial charge in [0.1, 0.15) is 12.0 Å². The van der Waals surface area contributed by atoms with Crippen LogP contribution in [0.3, 0.4) is 0 Å². The lowest BCUT2D eigenvalue weighted by Gasteiger charge is -2.36. The Labute approximate surface area is 121 Å². The van der Waals surface area contributed by atoms with Crippen LogP contribution in [0.2, 0.25) is 0 Å². The Bertz CT molecular complexity index is 414. The second-order valence-corrected chi connectivity index (χ2v) is 5.64. The zero-order valence-corrected chi connectivity index (χ0v) is 11.9. The zero-order valence-electron chi connectivity index (χ0n) is 11.9. The number of likely N-dealkylation sites (tertiary alicyclic amines) is 1. The number of piperidine rings is 2. The van der Waals surface area contributed by atoms with E-state index in [4.69, 9.17) is 0 Å². The van der Waals surface area contributed by atoms with Gasteiger partial charge >= 0.3 is 6.18 Å². The molecule has 0 aromatic rings. The minimum Gasteiger partial charge on any atom is -0.344 e. The first kappa shape index (κ1) is 16.1. The second kappa shape index (κ2) is 6.21. The number of halogens is 3. The number of rotatable bonds is 2. The fourth-order valence-electron chi connectivity index (χ4n) is 2.92. The number of nitrogens with one attached hydrogen (secondary N) is 2. The summed E-state index contributed by atoms with van der Waals surface area (Å²) in [7, 11) is 1.81. The average molecular weight is 307 g/mol. The van der Waals surface area contributed by atoms with E-state index in [1.807, 2.05) is 5.32 Å². The van der Waals surface area contributed by atoms with Crippen LogP contribution in [0.15, 0.2) is 0 Å². The van der Waals surface area contributed by atoms with Crippen molar-refractivity contribution in [3.63, 3.8) is 0 Å². The van der Waals surface area contributed by atoms with E-state index < -0.39 is 24.0 Å². The summed E-state index contributed by atoms with van der Waals surface area (Å²) in [5.41, 5.74) is 0. The van der Waals surface area contributed by atoms with E-state index in [1.165, 1.54) is 0 Å². The van der Waals surface area contributed by atoms with Crippen molar-refractivity contribution in [2.45, 2.75) is 43.9 Å². The maximum Gasteiger partial charge on any atom is 0.408 e. The van der Waals surface area contributed by atoms with E-state index in [0.29, 0.717) is 13.1 Å². The number of carbonyl (C=O) groups is 2. The van der Waals surface area contributed by atoms with Crippen molar-refractivity contribution in [1.82, 2.24) is 15.5 Å². The van der Waals surface area contributed by atoms with Crippen LogP contribution in [0.1, 0.15) is 25.7 Å². The molecule has 2 amide bonds. The molecular formula is C13H20F3N3O2. The molecule has 2 rings (SSSR count). The van der Waals surface area contributed by atoms with Crippen LogP contribution < -0.4 is 10.6 Å². The summed E-state index contributed by atoms with van der Waals surface area (Å²) < 4.78 is 37.7. The Kier molecular flexibility index (Phi) is 4.75. The van der Waals surface area contributed by atoms with E-state index in [2.05, 4.69) is 5.32 Å². The monoisotopic (exact) mass is 307 g/mol. The molecule has 0 radical (unpaired) electrons. The molecule has 120 valence electrons. The molecule has 2 saturated heterocycles. The van der Waals surface area contributed by atoms with Gasteiger partial charge in [-0.15, -0.1) is 0 Å². The lowest BCUT2D eigenvalue weighted by atomic mass is 9.91. The minimum absolute atomic E-state index is 0.0461. The van der Waals surface area contributed by atoms with Gasteiger partial charge in [0.15, 0.2) is 0 Å². The standard InChI is InChI=1S/C13H20F3N3O2/c1-17-8-3-2-6-19(7-8)12(21)9-4-5-10(13(14,15)16)18-11(9)20/h8-10,17H,2-7H2,1H3,(H,18,20). The minimum atomic E-state index is -4.45. The van der Waals surface area contributed by atoms with Crippen molar-refractivity contribution in [2.24, 2.45) is 5.92 Å². The van der Waals surface area contributed by atoms with Crippen LogP contribution in [0.25, 0.3) is 0 Å². The van der Waals surface area contributed by atoms with Gasteiger partial charge in [0, 0.05) is 19.1 Å². The Balaban J connectivity index is 1.96. The van der Waals surface area contributed by atoms with Crippen LogP contribution in [-0.2, 0) is 9.59 Å². The third kappa shape index (κ3) is 3.66.